The minimum absolute atomic E-state index is 0.159. The summed E-state index contributed by atoms with van der Waals surface area (Å²) >= 11 is 5.94. The Morgan fingerprint density at radius 2 is 1.76 bits per heavy atom. The number of benzene rings is 3. The van der Waals surface area contributed by atoms with Crippen molar-refractivity contribution >= 4 is 29.8 Å². The molecule has 1 aliphatic rings. The molecular weight excluding hydrogens is 604 g/mol. The average Bonchev–Trinajstić information content (AvgIpc) is 3.03. The molecule has 1 heterocycles. The van der Waals surface area contributed by atoms with E-state index < -0.39 is 24.3 Å². The molecule has 2 amide bonds. The lowest BCUT2D eigenvalue weighted by molar-refractivity contribution is -0.136. The Bertz CT molecular complexity index is 1560. The third-order valence-corrected chi connectivity index (χ3v) is 6.86. The van der Waals surface area contributed by atoms with Crippen molar-refractivity contribution in [3.05, 3.63) is 93.6 Å². The van der Waals surface area contributed by atoms with Crippen molar-refractivity contribution in [1.82, 2.24) is 16.1 Å². The standard InChI is InChI=1S/C32H35ClN4O8/c1-5-43-27-15-22(30-29(31(39)42-4)19(2)35-32(40)36-30)9-13-25(27)45-18-28(38)37-34-16-21-8-12-24(26(14-21)41-3)44-17-20-6-10-23(33)11-7-20/h6-16,28,30,37-38H,5,17-18H2,1-4H3,(H2,35,36,40)/b34-16-/t28-,30-/m0/s1. The SMILES string of the molecule is CCOc1cc([C@@H]2NC(=O)NC(C)=C2C(=O)OC)ccc1OC[C@H](O)N/N=C\c1ccc(OCc2ccc(Cl)cc2)c(OC)c1. The second-order valence-corrected chi connectivity index (χ2v) is 10.2. The van der Waals surface area contributed by atoms with Gasteiger partial charge in [0, 0.05) is 10.7 Å². The van der Waals surface area contributed by atoms with Crippen LogP contribution in [0.1, 0.15) is 36.6 Å². The van der Waals surface area contributed by atoms with Crippen molar-refractivity contribution in [2.75, 3.05) is 27.4 Å². The number of aliphatic hydroxyl groups is 1. The normalized spacial score (nSPS) is 15.2. The zero-order chi connectivity index (χ0) is 32.3. The molecule has 0 radical (unpaired) electrons. The summed E-state index contributed by atoms with van der Waals surface area (Å²) in [4.78, 5) is 24.6. The second-order valence-electron chi connectivity index (χ2n) is 9.74. The van der Waals surface area contributed by atoms with E-state index in [9.17, 15) is 14.7 Å². The number of amides is 2. The minimum atomic E-state index is -1.15. The van der Waals surface area contributed by atoms with Crippen LogP contribution in [0.4, 0.5) is 4.79 Å². The van der Waals surface area contributed by atoms with Gasteiger partial charge in [0.25, 0.3) is 0 Å². The molecule has 4 N–H and O–H groups in total. The first-order valence-electron chi connectivity index (χ1n) is 14.0. The Hall–Kier alpha value is -4.94. The third-order valence-electron chi connectivity index (χ3n) is 6.60. The van der Waals surface area contributed by atoms with Crippen LogP contribution in [0.15, 0.2) is 77.0 Å². The van der Waals surface area contributed by atoms with Gasteiger partial charge in [-0.3, -0.25) is 5.43 Å². The van der Waals surface area contributed by atoms with Crippen LogP contribution in [-0.2, 0) is 16.1 Å². The maximum Gasteiger partial charge on any atom is 0.337 e. The van der Waals surface area contributed by atoms with Gasteiger partial charge in [0.2, 0.25) is 0 Å². The van der Waals surface area contributed by atoms with E-state index in [4.69, 9.17) is 35.3 Å². The van der Waals surface area contributed by atoms with E-state index in [1.807, 2.05) is 19.1 Å². The van der Waals surface area contributed by atoms with Gasteiger partial charge in [-0.05, 0) is 73.0 Å². The Labute approximate surface area is 265 Å². The number of halogens is 1. The van der Waals surface area contributed by atoms with Gasteiger partial charge in [0.05, 0.1) is 38.7 Å². The number of carbonyl (C=O) groups excluding carboxylic acids is 2. The number of nitrogens with zero attached hydrogens (tertiary/aromatic N) is 1. The average molecular weight is 639 g/mol. The molecule has 12 nitrogen and oxygen atoms in total. The number of esters is 1. The van der Waals surface area contributed by atoms with E-state index in [1.54, 1.807) is 62.6 Å². The van der Waals surface area contributed by atoms with Crippen LogP contribution in [-0.4, -0.2) is 57.0 Å². The van der Waals surface area contributed by atoms with Gasteiger partial charge in [-0.15, -0.1) is 0 Å². The number of hydrogen-bond donors (Lipinski definition) is 4. The summed E-state index contributed by atoms with van der Waals surface area (Å²) in [7, 11) is 2.82. The molecule has 0 spiro atoms. The second kappa shape index (κ2) is 15.7. The summed E-state index contributed by atoms with van der Waals surface area (Å²) in [6.07, 6.45) is 0.371. The van der Waals surface area contributed by atoms with Crippen molar-refractivity contribution < 1.29 is 38.4 Å². The fraction of sp³-hybridized carbons (Fsp3) is 0.281. The van der Waals surface area contributed by atoms with Gasteiger partial charge in [-0.25, -0.2) is 9.59 Å². The number of rotatable bonds is 14. The highest BCUT2D eigenvalue weighted by atomic mass is 35.5. The van der Waals surface area contributed by atoms with Crippen LogP contribution < -0.4 is 35.0 Å². The number of aliphatic hydroxyl groups excluding tert-OH is 1. The molecule has 0 unspecified atom stereocenters. The number of methoxy groups -OCH3 is 2. The first-order valence-corrected chi connectivity index (χ1v) is 14.4. The molecule has 0 fully saturated rings. The van der Waals surface area contributed by atoms with Gasteiger partial charge in [0.1, 0.15) is 13.2 Å². The summed E-state index contributed by atoms with van der Waals surface area (Å²) in [6.45, 7) is 3.96. The number of allylic oxidation sites excluding steroid dienone is 1. The summed E-state index contributed by atoms with van der Waals surface area (Å²) < 4.78 is 27.8. The lowest BCUT2D eigenvalue weighted by Gasteiger charge is -2.28. The molecule has 238 valence electrons. The highest BCUT2D eigenvalue weighted by Gasteiger charge is 2.32. The predicted octanol–water partition coefficient (Wildman–Crippen LogP) is 4.45. The van der Waals surface area contributed by atoms with E-state index >= 15 is 0 Å². The first-order chi connectivity index (χ1) is 21.7. The van der Waals surface area contributed by atoms with Crippen LogP contribution in [0.25, 0.3) is 0 Å². The molecule has 3 aromatic carbocycles. The van der Waals surface area contributed by atoms with Gasteiger partial charge in [0.15, 0.2) is 29.2 Å². The van der Waals surface area contributed by atoms with E-state index in [-0.39, 0.29) is 12.2 Å². The van der Waals surface area contributed by atoms with Crippen LogP contribution in [0, 0.1) is 0 Å². The maximum atomic E-state index is 12.4. The van der Waals surface area contributed by atoms with Crippen LogP contribution in [0.3, 0.4) is 0 Å². The molecule has 45 heavy (non-hydrogen) atoms. The van der Waals surface area contributed by atoms with Crippen molar-refractivity contribution in [3.63, 3.8) is 0 Å². The molecule has 2 atom stereocenters. The zero-order valence-electron chi connectivity index (χ0n) is 25.3. The van der Waals surface area contributed by atoms with Gasteiger partial charge in [-0.2, -0.15) is 5.10 Å². The monoisotopic (exact) mass is 638 g/mol. The smallest absolute Gasteiger partial charge is 0.337 e. The van der Waals surface area contributed by atoms with Gasteiger partial charge < -0.3 is 39.4 Å². The van der Waals surface area contributed by atoms with E-state index in [1.165, 1.54) is 13.3 Å². The Kier molecular flexibility index (Phi) is 11.5. The van der Waals surface area contributed by atoms with Crippen LogP contribution in [0.5, 0.6) is 23.0 Å². The first kappa shape index (κ1) is 33.0. The fourth-order valence-corrected chi connectivity index (χ4v) is 4.57. The number of hydrazone groups is 1. The number of urea groups is 1. The molecule has 0 saturated heterocycles. The molecule has 13 heteroatoms. The van der Waals surface area contributed by atoms with Crippen LogP contribution in [0.2, 0.25) is 5.02 Å². The Morgan fingerprint density at radius 1 is 1.02 bits per heavy atom. The molecule has 0 bridgehead atoms. The number of ether oxygens (including phenoxy) is 5. The summed E-state index contributed by atoms with van der Waals surface area (Å²) in [5.41, 5.74) is 5.53. The van der Waals surface area contributed by atoms with Crippen molar-refractivity contribution in [1.29, 1.82) is 0 Å². The highest BCUT2D eigenvalue weighted by Crippen LogP contribution is 2.35. The van der Waals surface area contributed by atoms with Gasteiger partial charge >= 0.3 is 12.0 Å². The molecule has 0 aliphatic carbocycles. The summed E-state index contributed by atoms with van der Waals surface area (Å²) in [6, 6.07) is 16.5. The lowest BCUT2D eigenvalue weighted by atomic mass is 9.95. The van der Waals surface area contributed by atoms with E-state index in [0.29, 0.717) is 58.1 Å². The topological polar surface area (TPSA) is 149 Å². The number of hydrogen-bond acceptors (Lipinski definition) is 10. The number of nitrogens with one attached hydrogen (secondary N) is 3. The fourth-order valence-electron chi connectivity index (χ4n) is 4.45. The molecular formula is C32H35ClN4O8. The summed E-state index contributed by atoms with van der Waals surface area (Å²) in [5, 5.41) is 20.5. The maximum absolute atomic E-state index is 12.4. The van der Waals surface area contributed by atoms with Gasteiger partial charge in [-0.1, -0.05) is 29.8 Å². The third kappa shape index (κ3) is 8.80. The minimum Gasteiger partial charge on any atom is -0.493 e. The van der Waals surface area contributed by atoms with Crippen molar-refractivity contribution in [3.8, 4) is 23.0 Å². The lowest BCUT2D eigenvalue weighted by Crippen LogP contribution is -2.45. The van der Waals surface area contributed by atoms with Crippen LogP contribution >= 0.6 is 11.6 Å². The van der Waals surface area contributed by atoms with E-state index in [0.717, 1.165) is 5.56 Å². The largest absolute Gasteiger partial charge is 0.493 e. The Morgan fingerprint density at radius 3 is 2.47 bits per heavy atom. The quantitative estimate of drug-likeness (QED) is 0.0870. The molecule has 1 aliphatic heterocycles. The van der Waals surface area contributed by atoms with E-state index in [2.05, 4.69) is 21.2 Å². The predicted molar refractivity (Wildman–Crippen MR) is 168 cm³/mol. The number of carbonyl (C=O) groups is 2. The molecule has 3 aromatic rings. The zero-order valence-corrected chi connectivity index (χ0v) is 26.0. The van der Waals surface area contributed by atoms with Crippen molar-refractivity contribution in [2.45, 2.75) is 32.7 Å². The Balaban J connectivity index is 1.36. The molecule has 0 aromatic heterocycles. The van der Waals surface area contributed by atoms with Crippen molar-refractivity contribution in [2.24, 2.45) is 5.10 Å². The molecule has 4 rings (SSSR count). The highest BCUT2D eigenvalue weighted by molar-refractivity contribution is 6.30. The molecule has 0 saturated carbocycles. The summed E-state index contributed by atoms with van der Waals surface area (Å²) in [5.74, 6) is 1.24.